The number of nitrogens with zero attached hydrogens (tertiary/aromatic N) is 2. The lowest BCUT2D eigenvalue weighted by Gasteiger charge is -2.24. The van der Waals surface area contributed by atoms with Crippen molar-refractivity contribution in [2.75, 3.05) is 30.9 Å². The van der Waals surface area contributed by atoms with Crippen LogP contribution in [-0.4, -0.2) is 40.8 Å². The second kappa shape index (κ2) is 6.97. The molecule has 26 heavy (non-hydrogen) atoms. The van der Waals surface area contributed by atoms with E-state index in [1.54, 1.807) is 7.11 Å². The molecule has 1 N–H and O–H groups in total. The molecule has 136 valence electrons. The van der Waals surface area contributed by atoms with Gasteiger partial charge in [0.15, 0.2) is 6.54 Å². The molecule has 0 aromatic heterocycles. The highest BCUT2D eigenvalue weighted by Gasteiger charge is 2.53. The van der Waals surface area contributed by atoms with Crippen molar-refractivity contribution in [2.45, 2.75) is 25.5 Å². The summed E-state index contributed by atoms with van der Waals surface area (Å²) in [7, 11) is 1.66. The van der Waals surface area contributed by atoms with Crippen molar-refractivity contribution in [3.63, 3.8) is 0 Å². The van der Waals surface area contributed by atoms with Crippen LogP contribution in [0.2, 0.25) is 0 Å². The molecule has 2 aliphatic heterocycles. The van der Waals surface area contributed by atoms with Gasteiger partial charge in [-0.15, -0.1) is 0 Å². The van der Waals surface area contributed by atoms with Crippen LogP contribution in [0.3, 0.4) is 0 Å². The highest BCUT2D eigenvalue weighted by atomic mass is 32.2. The predicted molar refractivity (Wildman–Crippen MR) is 107 cm³/mol. The molecule has 0 bridgehead atoms. The van der Waals surface area contributed by atoms with Crippen LogP contribution in [0.5, 0.6) is 5.75 Å². The molecule has 2 aromatic carbocycles. The zero-order valence-electron chi connectivity index (χ0n) is 15.3. The second-order valence-electron chi connectivity index (χ2n) is 6.79. The molecule has 0 radical (unpaired) electrons. The highest BCUT2D eigenvalue weighted by molar-refractivity contribution is 8.13. The van der Waals surface area contributed by atoms with Gasteiger partial charge in [0.25, 0.3) is 5.72 Å². The molecule has 4 nitrogen and oxygen atoms in total. The third-order valence-corrected chi connectivity index (χ3v) is 6.44. The maximum atomic E-state index is 11.7. The number of hydrogen-bond donors (Lipinski definition) is 1. The maximum absolute atomic E-state index is 11.7. The zero-order valence-corrected chi connectivity index (χ0v) is 16.1. The molecule has 0 saturated heterocycles. The van der Waals surface area contributed by atoms with E-state index >= 15 is 0 Å². The van der Waals surface area contributed by atoms with Crippen molar-refractivity contribution in [2.24, 2.45) is 0 Å². The van der Waals surface area contributed by atoms with Crippen LogP contribution in [0.15, 0.2) is 48.5 Å². The Labute approximate surface area is 159 Å². The van der Waals surface area contributed by atoms with Crippen molar-refractivity contribution >= 4 is 22.6 Å². The van der Waals surface area contributed by atoms with E-state index in [0.29, 0.717) is 6.54 Å². The second-order valence-corrected chi connectivity index (χ2v) is 7.85. The molecule has 5 heteroatoms. The number of aliphatic hydroxyl groups is 1. The van der Waals surface area contributed by atoms with Crippen LogP contribution in [-0.2, 0) is 12.1 Å². The summed E-state index contributed by atoms with van der Waals surface area (Å²) in [5, 5.41) is 12.8. The van der Waals surface area contributed by atoms with Gasteiger partial charge < -0.3 is 9.84 Å². The minimum atomic E-state index is -1.02. The summed E-state index contributed by atoms with van der Waals surface area (Å²) in [5.41, 5.74) is 2.36. The van der Waals surface area contributed by atoms with E-state index in [9.17, 15) is 5.11 Å². The summed E-state index contributed by atoms with van der Waals surface area (Å²) in [6.07, 6.45) is 2.11. The Balaban J connectivity index is 1.73. The van der Waals surface area contributed by atoms with E-state index in [1.165, 1.54) is 5.56 Å². The number of methoxy groups -OCH3 is 1. The Morgan fingerprint density at radius 3 is 2.54 bits per heavy atom. The smallest absolute Gasteiger partial charge is 0.316 e. The average Bonchev–Trinajstić information content (AvgIpc) is 3.02. The highest BCUT2D eigenvalue weighted by Crippen LogP contribution is 2.38. The van der Waals surface area contributed by atoms with Gasteiger partial charge in [0.1, 0.15) is 11.4 Å². The molecule has 0 unspecified atom stereocenters. The van der Waals surface area contributed by atoms with Crippen LogP contribution < -0.4 is 9.64 Å². The summed E-state index contributed by atoms with van der Waals surface area (Å²) >= 11 is 1.84. The van der Waals surface area contributed by atoms with Gasteiger partial charge in [0.05, 0.1) is 13.7 Å². The normalized spacial score (nSPS) is 22.5. The molecule has 2 aliphatic rings. The van der Waals surface area contributed by atoms with Gasteiger partial charge in [-0.05, 0) is 66.6 Å². The molecule has 0 spiro atoms. The first-order valence-electron chi connectivity index (χ1n) is 9.16. The first-order chi connectivity index (χ1) is 12.7. The van der Waals surface area contributed by atoms with Crippen molar-refractivity contribution in [1.29, 1.82) is 0 Å². The van der Waals surface area contributed by atoms with Crippen molar-refractivity contribution in [3.05, 3.63) is 59.7 Å². The van der Waals surface area contributed by atoms with Crippen LogP contribution in [0, 0.1) is 0 Å². The predicted octanol–water partition coefficient (Wildman–Crippen LogP) is 3.43. The average molecular weight is 370 g/mol. The molecule has 0 saturated carbocycles. The fraction of sp³-hybridized carbons (Fsp3) is 0.381. The van der Waals surface area contributed by atoms with Gasteiger partial charge in [-0.25, -0.2) is 9.48 Å². The minimum absolute atomic E-state index is 0.535. The quantitative estimate of drug-likeness (QED) is 0.838. The van der Waals surface area contributed by atoms with Crippen LogP contribution in [0.1, 0.15) is 24.5 Å². The third-order valence-electron chi connectivity index (χ3n) is 5.25. The van der Waals surface area contributed by atoms with Gasteiger partial charge in [-0.1, -0.05) is 19.1 Å². The zero-order chi connectivity index (χ0) is 18.1. The number of benzene rings is 2. The molecule has 4 rings (SSSR count). The molecule has 0 fully saturated rings. The van der Waals surface area contributed by atoms with Crippen molar-refractivity contribution in [3.8, 4) is 5.75 Å². The number of ether oxygens (including phenoxy) is 1. The van der Waals surface area contributed by atoms with Crippen LogP contribution >= 0.6 is 11.8 Å². The Morgan fingerprint density at radius 1 is 1.15 bits per heavy atom. The number of aryl methyl sites for hydroxylation is 1. The summed E-state index contributed by atoms with van der Waals surface area (Å²) in [5.74, 6) is 1.90. The van der Waals surface area contributed by atoms with Crippen molar-refractivity contribution < 1.29 is 14.4 Å². The topological polar surface area (TPSA) is 35.7 Å². The van der Waals surface area contributed by atoms with E-state index in [-0.39, 0.29) is 0 Å². The lowest BCUT2D eigenvalue weighted by molar-refractivity contribution is -0.656. The van der Waals surface area contributed by atoms with E-state index < -0.39 is 5.72 Å². The number of β-amino-alcohol motifs (C(OH)–C–C–N with tert-alkyl or cyclic N) is 1. The number of hydrogen-bond acceptors (Lipinski definition) is 4. The van der Waals surface area contributed by atoms with Gasteiger partial charge in [0, 0.05) is 11.3 Å². The van der Waals surface area contributed by atoms with Gasteiger partial charge in [-0.2, -0.15) is 0 Å². The Morgan fingerprint density at radius 2 is 1.88 bits per heavy atom. The number of amidine groups is 1. The molecule has 2 aromatic rings. The Bertz CT molecular complexity index is 817. The van der Waals surface area contributed by atoms with E-state index in [1.807, 2.05) is 36.0 Å². The lowest BCUT2D eigenvalue weighted by atomic mass is 10.0. The van der Waals surface area contributed by atoms with Gasteiger partial charge in [0.2, 0.25) is 0 Å². The largest absolute Gasteiger partial charge is 0.497 e. The lowest BCUT2D eigenvalue weighted by Crippen LogP contribution is -2.41. The molecule has 1 atom stereocenters. The minimum Gasteiger partial charge on any atom is -0.497 e. The van der Waals surface area contributed by atoms with Crippen LogP contribution in [0.4, 0.5) is 5.69 Å². The molecular formula is C21H25N2O2S+. The van der Waals surface area contributed by atoms with Gasteiger partial charge in [-0.3, -0.25) is 0 Å². The fourth-order valence-electron chi connectivity index (χ4n) is 3.72. The monoisotopic (exact) mass is 369 g/mol. The van der Waals surface area contributed by atoms with Crippen molar-refractivity contribution in [1.82, 2.24) is 0 Å². The number of rotatable bonds is 4. The summed E-state index contributed by atoms with van der Waals surface area (Å²) in [6.45, 7) is 3.57. The third kappa shape index (κ3) is 2.89. The summed E-state index contributed by atoms with van der Waals surface area (Å²) in [6, 6.07) is 16.5. The van der Waals surface area contributed by atoms with E-state index in [4.69, 9.17) is 4.74 Å². The first-order valence-corrected chi connectivity index (χ1v) is 10.1. The standard InChI is InChI=1S/C21H25N2O2S/c1-3-16-5-9-18(10-6-16)22-15-21(24,23-13-4-14-26-20(22)23)17-7-11-19(25-2)12-8-17/h5-12,24H,3-4,13-15H2,1-2H3/q+1/t21-/m0/s1. The Hall–Kier alpha value is -1.98. The summed E-state index contributed by atoms with van der Waals surface area (Å²) in [4.78, 5) is 2.26. The molecule has 0 amide bonds. The number of thioether (sulfide) groups is 1. The fourth-order valence-corrected chi connectivity index (χ4v) is 4.90. The van der Waals surface area contributed by atoms with Crippen LogP contribution in [0.25, 0.3) is 0 Å². The van der Waals surface area contributed by atoms with Gasteiger partial charge >= 0.3 is 5.17 Å². The maximum Gasteiger partial charge on any atom is 0.316 e. The molecule has 0 aliphatic carbocycles. The summed E-state index contributed by atoms with van der Waals surface area (Å²) < 4.78 is 7.43. The molecular weight excluding hydrogens is 344 g/mol. The SMILES string of the molecule is CCc1ccc(N2C[C@](O)(c3ccc(OC)cc3)[N+]3=C2SCCC3)cc1. The number of anilines is 1. The van der Waals surface area contributed by atoms with E-state index in [2.05, 4.69) is 40.7 Å². The Kier molecular flexibility index (Phi) is 4.67. The first kappa shape index (κ1) is 17.4. The molecule has 2 heterocycles. The van der Waals surface area contributed by atoms with E-state index in [0.717, 1.165) is 47.3 Å².